The Balaban J connectivity index is 2.05. The third-order valence-electron chi connectivity index (χ3n) is 4.52. The van der Waals surface area contributed by atoms with E-state index >= 15 is 0 Å². The average Bonchev–Trinajstić information content (AvgIpc) is 2.51. The van der Waals surface area contributed by atoms with E-state index in [9.17, 15) is 0 Å². The van der Waals surface area contributed by atoms with E-state index in [0.717, 1.165) is 0 Å². The molecule has 1 unspecified atom stereocenters. The van der Waals surface area contributed by atoms with Gasteiger partial charge in [-0.25, -0.2) is 0 Å². The topological polar surface area (TPSA) is 12.0 Å². The van der Waals surface area contributed by atoms with Crippen molar-refractivity contribution >= 4 is 5.69 Å². The summed E-state index contributed by atoms with van der Waals surface area (Å²) < 4.78 is 0. The first-order valence-corrected chi connectivity index (χ1v) is 7.83. The maximum absolute atomic E-state index is 3.81. The van der Waals surface area contributed by atoms with Gasteiger partial charge in [-0.2, -0.15) is 0 Å². The van der Waals surface area contributed by atoms with Gasteiger partial charge in [0.25, 0.3) is 0 Å². The first-order chi connectivity index (χ1) is 8.98. The molecule has 0 bridgehead atoms. The Bertz CT molecular complexity index is 406. The van der Waals surface area contributed by atoms with Crippen LogP contribution in [0, 0.1) is 5.41 Å². The van der Waals surface area contributed by atoms with E-state index in [0.29, 0.717) is 17.4 Å². The zero-order valence-corrected chi connectivity index (χ0v) is 13.0. The van der Waals surface area contributed by atoms with E-state index in [1.165, 1.54) is 43.4 Å². The summed E-state index contributed by atoms with van der Waals surface area (Å²) in [5.41, 5.74) is 3.33. The number of hydrogen-bond acceptors (Lipinski definition) is 1. The van der Waals surface area contributed by atoms with E-state index in [1.54, 1.807) is 0 Å². The van der Waals surface area contributed by atoms with Crippen LogP contribution in [0.3, 0.4) is 0 Å². The molecular formula is C18H29N. The highest BCUT2D eigenvalue weighted by atomic mass is 14.9. The third kappa shape index (κ3) is 3.99. The van der Waals surface area contributed by atoms with Crippen LogP contribution < -0.4 is 5.32 Å². The molecule has 1 aromatic carbocycles. The van der Waals surface area contributed by atoms with E-state index in [-0.39, 0.29) is 0 Å². The molecule has 0 amide bonds. The minimum Gasteiger partial charge on any atom is -0.382 e. The smallest absolute Gasteiger partial charge is 0.0377 e. The van der Waals surface area contributed by atoms with Crippen molar-refractivity contribution in [1.82, 2.24) is 0 Å². The molecule has 0 aliphatic heterocycles. The lowest BCUT2D eigenvalue weighted by atomic mass is 9.85. The summed E-state index contributed by atoms with van der Waals surface area (Å²) in [5.74, 6) is 0.589. The number of nitrogens with one attached hydrogen (secondary N) is 1. The number of benzene rings is 1. The van der Waals surface area contributed by atoms with Crippen LogP contribution >= 0.6 is 0 Å². The first-order valence-electron chi connectivity index (χ1n) is 7.83. The van der Waals surface area contributed by atoms with E-state index < -0.39 is 0 Å². The van der Waals surface area contributed by atoms with Crippen molar-refractivity contribution in [3.8, 4) is 0 Å². The van der Waals surface area contributed by atoms with Crippen LogP contribution in [0.25, 0.3) is 0 Å². The van der Waals surface area contributed by atoms with E-state index in [1.807, 2.05) is 0 Å². The Morgan fingerprint density at radius 3 is 2.58 bits per heavy atom. The van der Waals surface area contributed by atoms with E-state index in [4.69, 9.17) is 0 Å². The van der Waals surface area contributed by atoms with Crippen molar-refractivity contribution in [3.05, 3.63) is 29.8 Å². The van der Waals surface area contributed by atoms with Gasteiger partial charge in [-0.3, -0.25) is 0 Å². The van der Waals surface area contributed by atoms with Gasteiger partial charge in [-0.05, 0) is 48.6 Å². The summed E-state index contributed by atoms with van der Waals surface area (Å²) in [7, 11) is 0. The quantitative estimate of drug-likeness (QED) is 0.699. The fourth-order valence-corrected chi connectivity index (χ4v) is 3.16. The monoisotopic (exact) mass is 259 g/mol. The average molecular weight is 259 g/mol. The summed E-state index contributed by atoms with van der Waals surface area (Å²) in [6.45, 7) is 9.38. The Morgan fingerprint density at radius 1 is 1.11 bits per heavy atom. The van der Waals surface area contributed by atoms with Crippen molar-refractivity contribution < 1.29 is 0 Å². The maximum Gasteiger partial charge on any atom is 0.0377 e. The molecule has 2 rings (SSSR count). The minimum atomic E-state index is 0.536. The summed E-state index contributed by atoms with van der Waals surface area (Å²) in [6.07, 6.45) is 6.69. The van der Waals surface area contributed by atoms with Gasteiger partial charge in [0.2, 0.25) is 0 Å². The fourth-order valence-electron chi connectivity index (χ4n) is 3.16. The third-order valence-corrected chi connectivity index (χ3v) is 4.52. The summed E-state index contributed by atoms with van der Waals surface area (Å²) in [6, 6.07) is 9.45. The molecule has 0 aromatic heterocycles. The lowest BCUT2D eigenvalue weighted by Crippen LogP contribution is -2.20. The molecule has 1 aliphatic rings. The predicted octanol–water partition coefficient (Wildman–Crippen LogP) is 5.58. The second-order valence-corrected chi connectivity index (χ2v) is 7.18. The number of para-hydroxylation sites is 1. The molecule has 1 fully saturated rings. The molecule has 0 saturated heterocycles. The fraction of sp³-hybridized carbons (Fsp3) is 0.667. The SMILES string of the molecule is CC(C)c1ccccc1NC1CCCC(C)(C)CC1. The van der Waals surface area contributed by atoms with Crippen LogP contribution in [0.15, 0.2) is 24.3 Å². The summed E-state index contributed by atoms with van der Waals surface area (Å²) >= 11 is 0. The molecule has 0 heterocycles. The molecule has 106 valence electrons. The maximum atomic E-state index is 3.81. The molecule has 1 N–H and O–H groups in total. The van der Waals surface area contributed by atoms with Gasteiger partial charge in [0.05, 0.1) is 0 Å². The van der Waals surface area contributed by atoms with Crippen LogP contribution in [-0.2, 0) is 0 Å². The highest BCUT2D eigenvalue weighted by Crippen LogP contribution is 2.35. The van der Waals surface area contributed by atoms with Gasteiger partial charge >= 0.3 is 0 Å². The van der Waals surface area contributed by atoms with Gasteiger partial charge in [-0.15, -0.1) is 0 Å². The predicted molar refractivity (Wildman–Crippen MR) is 84.8 cm³/mol. The van der Waals surface area contributed by atoms with Crippen LogP contribution in [0.2, 0.25) is 0 Å². The van der Waals surface area contributed by atoms with Crippen molar-refractivity contribution in [1.29, 1.82) is 0 Å². The van der Waals surface area contributed by atoms with Gasteiger partial charge in [0.15, 0.2) is 0 Å². The molecule has 1 nitrogen and oxygen atoms in total. The lowest BCUT2D eigenvalue weighted by Gasteiger charge is -2.23. The number of hydrogen-bond donors (Lipinski definition) is 1. The molecule has 1 heteroatoms. The van der Waals surface area contributed by atoms with Crippen molar-refractivity contribution in [2.75, 3.05) is 5.32 Å². The van der Waals surface area contributed by atoms with Crippen LogP contribution in [0.4, 0.5) is 5.69 Å². The molecule has 1 aliphatic carbocycles. The minimum absolute atomic E-state index is 0.536. The highest BCUT2D eigenvalue weighted by Gasteiger charge is 2.24. The van der Waals surface area contributed by atoms with Crippen LogP contribution in [0.5, 0.6) is 0 Å². The Labute approximate surface area is 118 Å². The van der Waals surface area contributed by atoms with Crippen molar-refractivity contribution in [2.45, 2.75) is 71.8 Å². The largest absolute Gasteiger partial charge is 0.382 e. The Hall–Kier alpha value is -0.980. The van der Waals surface area contributed by atoms with E-state index in [2.05, 4.69) is 57.3 Å². The normalized spacial score (nSPS) is 23.1. The number of anilines is 1. The Kier molecular flexibility index (Phi) is 4.54. The second kappa shape index (κ2) is 5.98. The molecule has 19 heavy (non-hydrogen) atoms. The summed E-state index contributed by atoms with van der Waals surface area (Å²) in [4.78, 5) is 0. The second-order valence-electron chi connectivity index (χ2n) is 7.18. The molecule has 0 spiro atoms. The van der Waals surface area contributed by atoms with Gasteiger partial charge in [-0.1, -0.05) is 52.3 Å². The molecular weight excluding hydrogens is 230 g/mol. The zero-order chi connectivity index (χ0) is 13.9. The number of rotatable bonds is 3. The highest BCUT2D eigenvalue weighted by molar-refractivity contribution is 5.53. The first kappa shape index (κ1) is 14.4. The standard InChI is InChI=1S/C18H29N/c1-14(2)16-9-5-6-10-17(16)19-15-8-7-12-18(3,4)13-11-15/h5-6,9-10,14-15,19H,7-8,11-13H2,1-4H3. The molecule has 1 saturated carbocycles. The molecule has 1 atom stereocenters. The van der Waals surface area contributed by atoms with Crippen molar-refractivity contribution in [2.24, 2.45) is 5.41 Å². The zero-order valence-electron chi connectivity index (χ0n) is 13.0. The van der Waals surface area contributed by atoms with Crippen LogP contribution in [0.1, 0.15) is 71.3 Å². The van der Waals surface area contributed by atoms with Gasteiger partial charge < -0.3 is 5.32 Å². The van der Waals surface area contributed by atoms with Crippen molar-refractivity contribution in [3.63, 3.8) is 0 Å². The van der Waals surface area contributed by atoms with Gasteiger partial charge in [0.1, 0.15) is 0 Å². The lowest BCUT2D eigenvalue weighted by molar-refractivity contribution is 0.313. The Morgan fingerprint density at radius 2 is 1.84 bits per heavy atom. The molecule has 1 aromatic rings. The van der Waals surface area contributed by atoms with Gasteiger partial charge in [0, 0.05) is 11.7 Å². The molecule has 0 radical (unpaired) electrons. The summed E-state index contributed by atoms with van der Waals surface area (Å²) in [5, 5.41) is 3.81. The van der Waals surface area contributed by atoms with Crippen LogP contribution in [-0.4, -0.2) is 6.04 Å².